The van der Waals surface area contributed by atoms with E-state index in [1.54, 1.807) is 13.1 Å². The summed E-state index contributed by atoms with van der Waals surface area (Å²) in [5, 5.41) is 3.11. The molecule has 0 bridgehead atoms. The van der Waals surface area contributed by atoms with E-state index in [2.05, 4.69) is 15.0 Å². The zero-order valence-electron chi connectivity index (χ0n) is 11.4. The minimum absolute atomic E-state index is 0.159. The van der Waals surface area contributed by atoms with Crippen molar-refractivity contribution in [1.82, 2.24) is 4.98 Å². The molecule has 2 rings (SSSR count). The fourth-order valence-electron chi connectivity index (χ4n) is 1.79. The molecule has 1 aromatic carbocycles. The molecule has 118 valence electrons. The molecule has 4 nitrogen and oxygen atoms in total. The molecule has 0 radical (unpaired) electrons. The Balaban J connectivity index is 2.26. The fourth-order valence-corrected chi connectivity index (χ4v) is 1.95. The summed E-state index contributed by atoms with van der Waals surface area (Å²) in [4.78, 5) is 3.85. The lowest BCUT2D eigenvalue weighted by Gasteiger charge is -2.17. The van der Waals surface area contributed by atoms with E-state index in [9.17, 15) is 13.2 Å². The molecule has 0 aliphatic heterocycles. The first-order valence-corrected chi connectivity index (χ1v) is 6.56. The van der Waals surface area contributed by atoms with Crippen molar-refractivity contribution < 1.29 is 22.6 Å². The summed E-state index contributed by atoms with van der Waals surface area (Å²) in [5.41, 5.74) is 0.684. The molecule has 8 heteroatoms. The Morgan fingerprint density at radius 2 is 2.00 bits per heavy atom. The number of nitrogens with one attached hydrogen (secondary N) is 1. The molecule has 0 aliphatic rings. The molecule has 0 unspecified atom stereocenters. The quantitative estimate of drug-likeness (QED) is 0.888. The van der Waals surface area contributed by atoms with Gasteiger partial charge in [0.15, 0.2) is 5.75 Å². The number of anilines is 1. The first-order chi connectivity index (χ1) is 10.4. The van der Waals surface area contributed by atoms with Crippen LogP contribution in [0.4, 0.5) is 18.9 Å². The second kappa shape index (κ2) is 6.74. The van der Waals surface area contributed by atoms with Crippen molar-refractivity contribution in [1.29, 1.82) is 0 Å². The predicted octanol–water partition coefficient (Wildman–Crippen LogP) is 4.25. The van der Waals surface area contributed by atoms with E-state index in [1.165, 1.54) is 30.6 Å². The zero-order valence-corrected chi connectivity index (χ0v) is 12.2. The van der Waals surface area contributed by atoms with Gasteiger partial charge in [0.25, 0.3) is 0 Å². The topological polar surface area (TPSA) is 43.4 Å². The zero-order chi connectivity index (χ0) is 16.2. The molecule has 2 aromatic rings. The molecule has 1 heterocycles. The van der Waals surface area contributed by atoms with E-state index < -0.39 is 6.36 Å². The highest BCUT2D eigenvalue weighted by molar-refractivity contribution is 6.31. The van der Waals surface area contributed by atoms with E-state index in [4.69, 9.17) is 16.3 Å². The van der Waals surface area contributed by atoms with E-state index in [0.717, 1.165) is 0 Å². The average Bonchev–Trinajstić information content (AvgIpc) is 2.45. The van der Waals surface area contributed by atoms with Crippen LogP contribution in [0.2, 0.25) is 5.02 Å². The van der Waals surface area contributed by atoms with Gasteiger partial charge in [0, 0.05) is 18.9 Å². The van der Waals surface area contributed by atoms with Gasteiger partial charge in [-0.25, -0.2) is 0 Å². The third kappa shape index (κ3) is 4.17. The SMILES string of the molecule is CNc1cccc(OC(F)(F)F)c1COc1cnccc1Cl. The fraction of sp³-hybridized carbons (Fsp3) is 0.214. The average molecular weight is 333 g/mol. The highest BCUT2D eigenvalue weighted by Crippen LogP contribution is 2.33. The third-order valence-corrected chi connectivity index (χ3v) is 3.05. The van der Waals surface area contributed by atoms with E-state index >= 15 is 0 Å². The molecular weight excluding hydrogens is 321 g/mol. The van der Waals surface area contributed by atoms with Gasteiger partial charge in [0.1, 0.15) is 12.4 Å². The molecule has 1 aromatic heterocycles. The lowest BCUT2D eigenvalue weighted by molar-refractivity contribution is -0.275. The lowest BCUT2D eigenvalue weighted by Crippen LogP contribution is -2.19. The number of hydrogen-bond donors (Lipinski definition) is 1. The highest BCUT2D eigenvalue weighted by Gasteiger charge is 2.32. The van der Waals surface area contributed by atoms with Crippen LogP contribution in [-0.2, 0) is 6.61 Å². The van der Waals surface area contributed by atoms with Gasteiger partial charge in [-0.2, -0.15) is 0 Å². The largest absolute Gasteiger partial charge is 0.573 e. The van der Waals surface area contributed by atoms with Gasteiger partial charge < -0.3 is 14.8 Å². The molecule has 0 atom stereocenters. The Bertz CT molecular complexity index is 650. The number of ether oxygens (including phenoxy) is 2. The van der Waals surface area contributed by atoms with Gasteiger partial charge in [-0.1, -0.05) is 17.7 Å². The van der Waals surface area contributed by atoms with Crippen molar-refractivity contribution in [2.75, 3.05) is 12.4 Å². The van der Waals surface area contributed by atoms with Crippen molar-refractivity contribution in [2.24, 2.45) is 0 Å². The summed E-state index contributed by atoms with van der Waals surface area (Å²) < 4.78 is 46.9. The molecular formula is C14H12ClF3N2O2. The van der Waals surface area contributed by atoms with Gasteiger partial charge in [0.2, 0.25) is 0 Å². The first kappa shape index (κ1) is 16.2. The molecule has 0 aliphatic carbocycles. The Labute approximate surface area is 129 Å². The van der Waals surface area contributed by atoms with Gasteiger partial charge in [0.05, 0.1) is 16.8 Å². The van der Waals surface area contributed by atoms with Crippen molar-refractivity contribution in [3.05, 3.63) is 47.2 Å². The summed E-state index contributed by atoms with van der Waals surface area (Å²) in [6, 6.07) is 5.81. The van der Waals surface area contributed by atoms with Gasteiger partial charge in [-0.05, 0) is 18.2 Å². The molecule has 0 fully saturated rings. The molecule has 1 N–H and O–H groups in total. The number of rotatable bonds is 5. The van der Waals surface area contributed by atoms with E-state index in [0.29, 0.717) is 10.7 Å². The summed E-state index contributed by atoms with van der Waals surface area (Å²) in [6.07, 6.45) is -1.92. The normalized spacial score (nSPS) is 11.1. The minimum Gasteiger partial charge on any atom is -0.485 e. The third-order valence-electron chi connectivity index (χ3n) is 2.73. The van der Waals surface area contributed by atoms with Crippen LogP contribution in [0, 0.1) is 0 Å². The monoisotopic (exact) mass is 332 g/mol. The number of aromatic nitrogens is 1. The van der Waals surface area contributed by atoms with Crippen LogP contribution >= 0.6 is 11.6 Å². The van der Waals surface area contributed by atoms with Crippen molar-refractivity contribution in [3.8, 4) is 11.5 Å². The molecule has 22 heavy (non-hydrogen) atoms. The van der Waals surface area contributed by atoms with Crippen LogP contribution in [0.5, 0.6) is 11.5 Å². The maximum atomic E-state index is 12.5. The first-order valence-electron chi connectivity index (χ1n) is 6.18. The van der Waals surface area contributed by atoms with E-state index in [1.807, 2.05) is 0 Å². The standard InChI is InChI=1S/C14H12ClF3N2O2/c1-19-11-3-2-4-12(22-14(16,17)18)9(11)8-21-13-7-20-6-5-10(13)15/h2-7,19H,8H2,1H3. The van der Waals surface area contributed by atoms with Crippen LogP contribution < -0.4 is 14.8 Å². The van der Waals surface area contributed by atoms with Gasteiger partial charge >= 0.3 is 6.36 Å². The predicted molar refractivity (Wildman–Crippen MR) is 76.3 cm³/mol. The maximum Gasteiger partial charge on any atom is 0.573 e. The Hall–Kier alpha value is -2.15. The maximum absolute atomic E-state index is 12.5. The van der Waals surface area contributed by atoms with Gasteiger partial charge in [-0.3, -0.25) is 4.98 Å². The van der Waals surface area contributed by atoms with Crippen LogP contribution in [0.1, 0.15) is 5.56 Å². The van der Waals surface area contributed by atoms with Gasteiger partial charge in [-0.15, -0.1) is 13.2 Å². The molecule has 0 saturated carbocycles. The van der Waals surface area contributed by atoms with Crippen molar-refractivity contribution in [3.63, 3.8) is 0 Å². The number of pyridine rings is 1. The number of alkyl halides is 3. The molecule has 0 saturated heterocycles. The smallest absolute Gasteiger partial charge is 0.485 e. The Morgan fingerprint density at radius 3 is 2.64 bits per heavy atom. The number of nitrogens with zero attached hydrogens (tertiary/aromatic N) is 1. The van der Waals surface area contributed by atoms with Crippen LogP contribution in [0.15, 0.2) is 36.7 Å². The van der Waals surface area contributed by atoms with Crippen molar-refractivity contribution >= 4 is 17.3 Å². The number of benzene rings is 1. The van der Waals surface area contributed by atoms with Crippen molar-refractivity contribution in [2.45, 2.75) is 13.0 Å². The lowest BCUT2D eigenvalue weighted by atomic mass is 10.1. The Morgan fingerprint density at radius 1 is 1.23 bits per heavy atom. The second-order valence-corrected chi connectivity index (χ2v) is 4.58. The second-order valence-electron chi connectivity index (χ2n) is 4.17. The summed E-state index contributed by atoms with van der Waals surface area (Å²) >= 11 is 5.92. The Kier molecular flexibility index (Phi) is 4.97. The summed E-state index contributed by atoms with van der Waals surface area (Å²) in [7, 11) is 1.59. The van der Waals surface area contributed by atoms with Crippen LogP contribution in [0.25, 0.3) is 0 Å². The van der Waals surface area contributed by atoms with E-state index in [-0.39, 0.29) is 23.7 Å². The molecule has 0 spiro atoms. The number of hydrogen-bond acceptors (Lipinski definition) is 4. The van der Waals surface area contributed by atoms with Crippen LogP contribution in [-0.4, -0.2) is 18.4 Å². The highest BCUT2D eigenvalue weighted by atomic mass is 35.5. The van der Waals surface area contributed by atoms with Crippen LogP contribution in [0.3, 0.4) is 0 Å². The summed E-state index contributed by atoms with van der Waals surface area (Å²) in [6.45, 7) is -0.159. The summed E-state index contributed by atoms with van der Waals surface area (Å²) in [5.74, 6) is -0.0626. The number of halogens is 4. The minimum atomic E-state index is -4.78. The molecule has 0 amide bonds.